The molecule has 294 valence electrons. The first-order chi connectivity index (χ1) is 25.2. The maximum atomic E-state index is 14.0. The molecule has 1 fully saturated rings. The number of aliphatic hydroxyl groups excluding tert-OH is 1. The van der Waals surface area contributed by atoms with Gasteiger partial charge in [0.2, 0.25) is 11.6 Å². The molecule has 0 bridgehead atoms. The van der Waals surface area contributed by atoms with Crippen molar-refractivity contribution in [2.24, 2.45) is 11.7 Å². The van der Waals surface area contributed by atoms with Crippen LogP contribution in [0.25, 0.3) is 0 Å². The van der Waals surface area contributed by atoms with Crippen molar-refractivity contribution in [1.82, 2.24) is 5.32 Å². The van der Waals surface area contributed by atoms with Crippen LogP contribution in [0.3, 0.4) is 0 Å². The summed E-state index contributed by atoms with van der Waals surface area (Å²) in [6.07, 6.45) is -6.96. The summed E-state index contributed by atoms with van der Waals surface area (Å²) < 4.78 is 28.0. The van der Waals surface area contributed by atoms with Crippen LogP contribution in [-0.4, -0.2) is 105 Å². The van der Waals surface area contributed by atoms with Gasteiger partial charge in [-0.2, -0.15) is 0 Å². The number of phenolic OH excluding ortho intramolecular Hbond substituents is 2. The van der Waals surface area contributed by atoms with Crippen LogP contribution in [0, 0.1) is 5.92 Å². The summed E-state index contributed by atoms with van der Waals surface area (Å²) in [6.45, 7) is 9.31. The van der Waals surface area contributed by atoms with E-state index in [0.29, 0.717) is 0 Å². The van der Waals surface area contributed by atoms with Gasteiger partial charge in [-0.25, -0.2) is 4.79 Å². The van der Waals surface area contributed by atoms with Gasteiger partial charge >= 0.3 is 12.1 Å². The van der Waals surface area contributed by atoms with Gasteiger partial charge in [0.15, 0.2) is 18.7 Å². The highest BCUT2D eigenvalue weighted by Crippen LogP contribution is 2.52. The summed E-state index contributed by atoms with van der Waals surface area (Å²) in [5.74, 6) is -4.95. The van der Waals surface area contributed by atoms with E-state index < -0.39 is 119 Å². The molecule has 7 atom stereocenters. The Kier molecular flexibility index (Phi) is 11.5. The van der Waals surface area contributed by atoms with Crippen molar-refractivity contribution >= 4 is 29.4 Å². The number of ketones is 3. The Bertz CT molecular complexity index is 1850. The van der Waals surface area contributed by atoms with E-state index in [9.17, 15) is 44.4 Å². The minimum atomic E-state index is -2.42. The molecule has 0 radical (unpaired) electrons. The zero-order valence-corrected chi connectivity index (χ0v) is 31.3. The molecular formula is C38H48N2O14. The molecule has 2 aromatic rings. The van der Waals surface area contributed by atoms with Crippen LogP contribution in [0.4, 0.5) is 4.79 Å². The second-order valence-corrected chi connectivity index (χ2v) is 15.4. The first-order valence-corrected chi connectivity index (χ1v) is 17.7. The van der Waals surface area contributed by atoms with E-state index in [-0.39, 0.29) is 46.8 Å². The lowest BCUT2D eigenvalue weighted by Crippen LogP contribution is -2.56. The second kappa shape index (κ2) is 15.3. The summed E-state index contributed by atoms with van der Waals surface area (Å²) >= 11 is 0. The van der Waals surface area contributed by atoms with E-state index in [1.807, 2.05) is 13.8 Å². The monoisotopic (exact) mass is 756 g/mol. The number of carbonyl (C=O) groups excluding carboxylic acids is 5. The summed E-state index contributed by atoms with van der Waals surface area (Å²) in [4.78, 5) is 66.8. The van der Waals surface area contributed by atoms with Crippen molar-refractivity contribution in [3.63, 3.8) is 0 Å². The highest BCUT2D eigenvalue weighted by atomic mass is 16.7. The maximum absolute atomic E-state index is 14.0. The van der Waals surface area contributed by atoms with Gasteiger partial charge in [-0.05, 0) is 46.1 Å². The number of rotatable bonds is 10. The van der Waals surface area contributed by atoms with E-state index in [0.717, 1.165) is 0 Å². The van der Waals surface area contributed by atoms with E-state index >= 15 is 0 Å². The summed E-state index contributed by atoms with van der Waals surface area (Å²) in [5.41, 5.74) is 0.826. The summed E-state index contributed by atoms with van der Waals surface area (Å²) in [5, 5.41) is 49.0. The lowest BCUT2D eigenvalue weighted by Gasteiger charge is -2.43. The summed E-state index contributed by atoms with van der Waals surface area (Å²) in [7, 11) is 1.30. The lowest BCUT2D eigenvalue weighted by atomic mass is 9.72. The molecule has 0 aromatic heterocycles. The number of aromatic hydroxyl groups is 2. The number of carbonyl (C=O) groups is 5. The standard InChI is InChI=1S/C38H48N2O14/c1-16(2)11-20(39)35(47)51-15-24(41)38(49)13-19-27(23(14-38)53-25-12-21(30(42)17(3)52-25)40-36(48)54-37(4,5)6)34(46)29-28(32(19)44)31(43)18-9-8-10-22(50-7)26(18)33(29)45/h8-10,16-17,20-21,23,25,30,42,44,46,49H,11-15,39H2,1-7H3,(H,40,48)/t17-,20-,21+,23-,25?,30-,38-/m0/s1. The average Bonchev–Trinajstić information content (AvgIpc) is 3.07. The average molecular weight is 757 g/mol. The molecule has 5 rings (SSSR count). The van der Waals surface area contributed by atoms with Gasteiger partial charge in [-0.3, -0.25) is 19.2 Å². The van der Waals surface area contributed by atoms with E-state index in [2.05, 4.69) is 5.32 Å². The van der Waals surface area contributed by atoms with Crippen LogP contribution in [-0.2, 0) is 35.0 Å². The van der Waals surface area contributed by atoms with Crippen molar-refractivity contribution < 1.29 is 68.1 Å². The molecule has 1 aliphatic heterocycles. The molecule has 3 aliphatic rings. The number of amides is 1. The van der Waals surface area contributed by atoms with E-state index in [4.69, 9.17) is 29.4 Å². The molecule has 0 spiro atoms. The van der Waals surface area contributed by atoms with Gasteiger partial charge in [-0.15, -0.1) is 0 Å². The van der Waals surface area contributed by atoms with Gasteiger partial charge in [-0.1, -0.05) is 26.0 Å². The largest absolute Gasteiger partial charge is 0.507 e. The van der Waals surface area contributed by atoms with Crippen molar-refractivity contribution in [3.05, 3.63) is 51.6 Å². The number of methoxy groups -OCH3 is 1. The van der Waals surface area contributed by atoms with Crippen LogP contribution < -0.4 is 15.8 Å². The fourth-order valence-electron chi connectivity index (χ4n) is 7.15. The van der Waals surface area contributed by atoms with Crippen LogP contribution in [0.5, 0.6) is 17.2 Å². The molecule has 2 aromatic carbocycles. The Morgan fingerprint density at radius 3 is 2.37 bits per heavy atom. The van der Waals surface area contributed by atoms with Gasteiger partial charge in [0, 0.05) is 36.0 Å². The Hall–Kier alpha value is -4.61. The molecule has 1 saturated heterocycles. The normalized spacial score (nSPS) is 25.6. The first kappa shape index (κ1) is 40.6. The molecule has 1 unspecified atom stereocenters. The number of fused-ring (bicyclic) bond motifs is 3. The van der Waals surface area contributed by atoms with Crippen molar-refractivity contribution in [3.8, 4) is 17.2 Å². The van der Waals surface area contributed by atoms with Crippen LogP contribution in [0.15, 0.2) is 18.2 Å². The third-order valence-corrected chi connectivity index (χ3v) is 9.69. The fraction of sp³-hybridized carbons (Fsp3) is 0.553. The molecule has 1 amide bonds. The minimum Gasteiger partial charge on any atom is -0.507 e. The number of nitrogens with one attached hydrogen (secondary N) is 1. The Morgan fingerprint density at radius 1 is 1.07 bits per heavy atom. The highest BCUT2D eigenvalue weighted by molar-refractivity contribution is 6.31. The quantitative estimate of drug-likeness (QED) is 0.128. The van der Waals surface area contributed by atoms with Crippen molar-refractivity contribution in [2.45, 2.75) is 115 Å². The highest BCUT2D eigenvalue weighted by Gasteiger charge is 2.51. The zero-order chi connectivity index (χ0) is 40.0. The van der Waals surface area contributed by atoms with Gasteiger partial charge in [0.25, 0.3) is 0 Å². The number of hydrogen-bond donors (Lipinski definition) is 6. The number of benzene rings is 2. The Morgan fingerprint density at radius 2 is 1.74 bits per heavy atom. The number of esters is 1. The number of nitrogens with two attached hydrogens (primary N) is 1. The predicted molar refractivity (Wildman–Crippen MR) is 188 cm³/mol. The molecule has 0 saturated carbocycles. The number of phenols is 2. The number of alkyl carbamates (subject to hydrolysis) is 1. The molecule has 1 heterocycles. The molecule has 54 heavy (non-hydrogen) atoms. The topological polar surface area (TPSA) is 250 Å². The van der Waals surface area contributed by atoms with Crippen LogP contribution in [0.1, 0.15) is 110 Å². The third-order valence-electron chi connectivity index (χ3n) is 9.69. The molecule has 2 aliphatic carbocycles. The summed E-state index contributed by atoms with van der Waals surface area (Å²) in [6, 6.07) is 2.30. The molecule has 16 heteroatoms. The maximum Gasteiger partial charge on any atom is 0.407 e. The fourth-order valence-corrected chi connectivity index (χ4v) is 7.15. The Balaban J connectivity index is 1.55. The van der Waals surface area contributed by atoms with Gasteiger partial charge in [0.05, 0.1) is 42.0 Å². The second-order valence-electron chi connectivity index (χ2n) is 15.4. The first-order valence-electron chi connectivity index (χ1n) is 17.7. The SMILES string of the molecule is COc1cccc2c1C(=O)c1c(O)c3c(c(O)c1C2=O)C[C@@](O)(C(=O)COC(=O)[C@@H](N)CC(C)C)C[C@@H]3OC1C[C@@H](NC(=O)OC(C)(C)C)[C@@H](O)[C@H](C)O1. The van der Waals surface area contributed by atoms with Crippen molar-refractivity contribution in [2.75, 3.05) is 13.7 Å². The lowest BCUT2D eigenvalue weighted by molar-refractivity contribution is -0.249. The third kappa shape index (κ3) is 7.93. The van der Waals surface area contributed by atoms with Gasteiger partial charge < -0.3 is 55.2 Å². The predicted octanol–water partition coefficient (Wildman–Crippen LogP) is 2.49. The number of Topliss-reactive ketones (excluding diaryl/α,β-unsaturated/α-hetero) is 1. The number of ether oxygens (including phenoxy) is 5. The Labute approximate surface area is 311 Å². The number of aliphatic hydroxyl groups is 2. The number of hydrogen-bond acceptors (Lipinski definition) is 15. The van der Waals surface area contributed by atoms with Crippen LogP contribution >= 0.6 is 0 Å². The van der Waals surface area contributed by atoms with Crippen LogP contribution in [0.2, 0.25) is 0 Å². The molecular weight excluding hydrogens is 708 g/mol. The van der Waals surface area contributed by atoms with Crippen molar-refractivity contribution in [1.29, 1.82) is 0 Å². The smallest absolute Gasteiger partial charge is 0.407 e. The minimum absolute atomic E-state index is 0.0502. The van der Waals surface area contributed by atoms with E-state index in [1.165, 1.54) is 32.2 Å². The zero-order valence-electron chi connectivity index (χ0n) is 31.3. The van der Waals surface area contributed by atoms with Gasteiger partial charge in [0.1, 0.15) is 40.6 Å². The molecule has 7 N–H and O–H groups in total. The molecule has 16 nitrogen and oxygen atoms in total. The van der Waals surface area contributed by atoms with E-state index in [1.54, 1.807) is 20.8 Å².